The summed E-state index contributed by atoms with van der Waals surface area (Å²) in [5.41, 5.74) is 1.96. The molecule has 2 aromatic rings. The molecule has 1 saturated heterocycles. The van der Waals surface area contributed by atoms with E-state index in [0.29, 0.717) is 4.91 Å². The van der Waals surface area contributed by atoms with Crippen molar-refractivity contribution in [3.63, 3.8) is 0 Å². The van der Waals surface area contributed by atoms with Crippen LogP contribution in [0.1, 0.15) is 5.56 Å². The number of amidine groups is 1. The Morgan fingerprint density at radius 1 is 1.10 bits per heavy atom. The van der Waals surface area contributed by atoms with Crippen molar-refractivity contribution in [2.45, 2.75) is 16.7 Å². The van der Waals surface area contributed by atoms with Gasteiger partial charge in [-0.15, -0.1) is 11.0 Å². The maximum atomic E-state index is 13.1. The standard InChI is InChI=1S/C21H19N3O3S3/c1-4-13-24-19(25)18(20-23(3)16-7-5-6-8-17(16)28-20)29-21(24)22-30(26,27)15-11-9-14(2)10-12-15/h4-12H,1,13H2,2-3H3/b20-18+,22-21?. The number of nitrogens with zero attached hydrogens (tertiary/aromatic N) is 3. The first-order valence-electron chi connectivity index (χ1n) is 9.09. The Bertz CT molecular complexity index is 1200. The van der Waals surface area contributed by atoms with E-state index in [1.54, 1.807) is 18.2 Å². The van der Waals surface area contributed by atoms with Gasteiger partial charge in [-0.25, -0.2) is 0 Å². The van der Waals surface area contributed by atoms with Crippen LogP contribution in [0.25, 0.3) is 0 Å². The van der Waals surface area contributed by atoms with E-state index in [-0.39, 0.29) is 22.5 Å². The van der Waals surface area contributed by atoms with E-state index in [1.165, 1.54) is 28.8 Å². The van der Waals surface area contributed by atoms with Gasteiger partial charge < -0.3 is 4.90 Å². The molecule has 30 heavy (non-hydrogen) atoms. The van der Waals surface area contributed by atoms with E-state index < -0.39 is 10.0 Å². The van der Waals surface area contributed by atoms with Gasteiger partial charge in [0.2, 0.25) is 0 Å². The highest BCUT2D eigenvalue weighted by molar-refractivity contribution is 8.19. The van der Waals surface area contributed by atoms with Gasteiger partial charge >= 0.3 is 0 Å². The Labute approximate surface area is 184 Å². The second-order valence-corrected chi connectivity index (χ2v) is 10.3. The number of rotatable bonds is 4. The lowest BCUT2D eigenvalue weighted by Crippen LogP contribution is -2.30. The Morgan fingerprint density at radius 3 is 2.47 bits per heavy atom. The predicted molar refractivity (Wildman–Crippen MR) is 123 cm³/mol. The third-order valence-corrected chi connectivity index (χ3v) is 8.45. The molecule has 2 aromatic carbocycles. The first-order valence-corrected chi connectivity index (χ1v) is 12.2. The Balaban J connectivity index is 1.75. The van der Waals surface area contributed by atoms with Gasteiger partial charge in [-0.05, 0) is 43.0 Å². The summed E-state index contributed by atoms with van der Waals surface area (Å²) in [4.78, 5) is 18.0. The number of anilines is 1. The summed E-state index contributed by atoms with van der Waals surface area (Å²) >= 11 is 2.57. The zero-order chi connectivity index (χ0) is 21.5. The van der Waals surface area contributed by atoms with Gasteiger partial charge in [0.1, 0.15) is 4.91 Å². The first kappa shape index (κ1) is 20.8. The molecule has 1 fully saturated rings. The summed E-state index contributed by atoms with van der Waals surface area (Å²) < 4.78 is 29.7. The molecule has 0 saturated carbocycles. The molecule has 154 valence electrons. The second-order valence-electron chi connectivity index (χ2n) is 6.73. The lowest BCUT2D eigenvalue weighted by atomic mass is 10.2. The summed E-state index contributed by atoms with van der Waals surface area (Å²) in [6.45, 7) is 5.74. The number of amides is 1. The fourth-order valence-electron chi connectivity index (χ4n) is 3.06. The van der Waals surface area contributed by atoms with E-state index in [4.69, 9.17) is 0 Å². The molecule has 6 nitrogen and oxygen atoms in total. The van der Waals surface area contributed by atoms with Gasteiger partial charge in [-0.1, -0.05) is 47.7 Å². The van der Waals surface area contributed by atoms with Crippen molar-refractivity contribution >= 4 is 50.3 Å². The number of hydrogen-bond acceptors (Lipinski definition) is 6. The molecule has 0 radical (unpaired) electrons. The number of sulfonamides is 1. The van der Waals surface area contributed by atoms with Crippen molar-refractivity contribution < 1.29 is 13.2 Å². The molecule has 0 spiro atoms. The lowest BCUT2D eigenvalue weighted by Gasteiger charge is -2.15. The Morgan fingerprint density at radius 2 is 1.80 bits per heavy atom. The van der Waals surface area contributed by atoms with Crippen LogP contribution < -0.4 is 4.90 Å². The van der Waals surface area contributed by atoms with Crippen molar-refractivity contribution in [1.29, 1.82) is 0 Å². The van der Waals surface area contributed by atoms with Crippen molar-refractivity contribution in [2.75, 3.05) is 18.5 Å². The van der Waals surface area contributed by atoms with E-state index >= 15 is 0 Å². The number of aryl methyl sites for hydroxylation is 1. The minimum atomic E-state index is -3.95. The number of carbonyl (C=O) groups excluding carboxylic acids is 1. The van der Waals surface area contributed by atoms with Gasteiger partial charge in [-0.3, -0.25) is 9.69 Å². The van der Waals surface area contributed by atoms with Crippen LogP contribution in [-0.2, 0) is 14.8 Å². The maximum absolute atomic E-state index is 13.1. The monoisotopic (exact) mass is 457 g/mol. The van der Waals surface area contributed by atoms with Crippen LogP contribution >= 0.6 is 23.5 Å². The third-order valence-electron chi connectivity index (χ3n) is 4.62. The highest BCUT2D eigenvalue weighted by Crippen LogP contribution is 2.49. The number of benzene rings is 2. The summed E-state index contributed by atoms with van der Waals surface area (Å²) in [6, 6.07) is 14.3. The molecule has 2 heterocycles. The number of thioether (sulfide) groups is 2. The molecule has 0 N–H and O–H groups in total. The van der Waals surface area contributed by atoms with Gasteiger partial charge in [0.05, 0.1) is 15.6 Å². The molecular weight excluding hydrogens is 438 g/mol. The molecular formula is C21H19N3O3S3. The van der Waals surface area contributed by atoms with E-state index in [2.05, 4.69) is 11.0 Å². The summed E-state index contributed by atoms with van der Waals surface area (Å²) in [7, 11) is -2.06. The van der Waals surface area contributed by atoms with Crippen LogP contribution in [0.5, 0.6) is 0 Å². The highest BCUT2D eigenvalue weighted by atomic mass is 32.2. The molecule has 4 rings (SSSR count). The van der Waals surface area contributed by atoms with E-state index in [0.717, 1.165) is 32.9 Å². The maximum Gasteiger partial charge on any atom is 0.284 e. The van der Waals surface area contributed by atoms with Crippen LogP contribution in [0.2, 0.25) is 0 Å². The number of fused-ring (bicyclic) bond motifs is 1. The number of carbonyl (C=O) groups is 1. The smallest absolute Gasteiger partial charge is 0.284 e. The molecule has 0 bridgehead atoms. The van der Waals surface area contributed by atoms with Crippen LogP contribution in [0, 0.1) is 6.92 Å². The average molecular weight is 458 g/mol. The van der Waals surface area contributed by atoms with Crippen molar-refractivity contribution in [2.24, 2.45) is 4.40 Å². The van der Waals surface area contributed by atoms with Gasteiger partial charge in [0.25, 0.3) is 15.9 Å². The quantitative estimate of drug-likeness (QED) is 0.506. The molecule has 1 amide bonds. The molecule has 0 aliphatic carbocycles. The summed E-state index contributed by atoms with van der Waals surface area (Å²) in [5.74, 6) is -0.278. The minimum Gasteiger partial charge on any atom is -0.337 e. The largest absolute Gasteiger partial charge is 0.337 e. The van der Waals surface area contributed by atoms with Crippen LogP contribution in [0.4, 0.5) is 5.69 Å². The van der Waals surface area contributed by atoms with E-state index in [9.17, 15) is 13.2 Å². The summed E-state index contributed by atoms with van der Waals surface area (Å²) in [5, 5.41) is 0.895. The fourth-order valence-corrected chi connectivity index (χ4v) is 6.59. The molecule has 9 heteroatoms. The zero-order valence-electron chi connectivity index (χ0n) is 16.4. The third kappa shape index (κ3) is 3.68. The summed E-state index contributed by atoms with van der Waals surface area (Å²) in [6.07, 6.45) is 1.56. The first-order chi connectivity index (χ1) is 14.3. The van der Waals surface area contributed by atoms with Crippen molar-refractivity contribution in [3.05, 3.63) is 76.7 Å². The van der Waals surface area contributed by atoms with Crippen LogP contribution in [0.15, 0.2) is 85.3 Å². The van der Waals surface area contributed by atoms with Crippen molar-refractivity contribution in [1.82, 2.24) is 4.90 Å². The minimum absolute atomic E-state index is 0.0908. The average Bonchev–Trinajstić information content (AvgIpc) is 3.20. The number of hydrogen-bond donors (Lipinski definition) is 0. The zero-order valence-corrected chi connectivity index (χ0v) is 18.9. The van der Waals surface area contributed by atoms with Gasteiger partial charge in [0, 0.05) is 18.5 Å². The molecule has 2 aliphatic heterocycles. The van der Waals surface area contributed by atoms with Gasteiger partial charge in [-0.2, -0.15) is 8.42 Å². The molecule has 0 atom stereocenters. The molecule has 0 aromatic heterocycles. The Kier molecular flexibility index (Phi) is 5.52. The normalized spacial score (nSPS) is 20.2. The topological polar surface area (TPSA) is 70.1 Å². The predicted octanol–water partition coefficient (Wildman–Crippen LogP) is 4.21. The number of para-hydroxylation sites is 1. The van der Waals surface area contributed by atoms with E-state index in [1.807, 2.05) is 43.1 Å². The molecule has 0 unspecified atom stereocenters. The Hall–Kier alpha value is -2.49. The highest BCUT2D eigenvalue weighted by Gasteiger charge is 2.39. The SMILES string of the molecule is C=CCN1C(=O)/C(=C2\Sc3ccccc3N2C)SC1=NS(=O)(=O)c1ccc(C)cc1. The van der Waals surface area contributed by atoms with Crippen molar-refractivity contribution in [3.8, 4) is 0 Å². The fraction of sp³-hybridized carbons (Fsp3) is 0.143. The van der Waals surface area contributed by atoms with Crippen LogP contribution in [-0.4, -0.2) is 38.0 Å². The molecule has 2 aliphatic rings. The lowest BCUT2D eigenvalue weighted by molar-refractivity contribution is -0.121. The van der Waals surface area contributed by atoms with Gasteiger partial charge in [0.15, 0.2) is 5.17 Å². The van der Waals surface area contributed by atoms with Crippen LogP contribution in [0.3, 0.4) is 0 Å². The second kappa shape index (κ2) is 7.98.